The Balaban J connectivity index is 2.17. The van der Waals surface area contributed by atoms with Gasteiger partial charge >= 0.3 is 5.63 Å². The molecule has 78 valence electrons. The summed E-state index contributed by atoms with van der Waals surface area (Å²) in [6.45, 7) is 2.21. The highest BCUT2D eigenvalue weighted by atomic mass is 16.5. The van der Waals surface area contributed by atoms with Crippen molar-refractivity contribution in [3.05, 3.63) is 40.1 Å². The molecule has 0 spiro atoms. The van der Waals surface area contributed by atoms with Crippen molar-refractivity contribution in [1.29, 1.82) is 0 Å². The monoisotopic (exact) mass is 206 g/mol. The predicted octanol–water partition coefficient (Wildman–Crippen LogP) is 1.34. The van der Waals surface area contributed by atoms with Gasteiger partial charge in [-0.2, -0.15) is 0 Å². The number of aryl methyl sites for hydroxylation is 1. The largest absolute Gasteiger partial charge is 0.501 e. The molecule has 4 heteroatoms. The number of fused-ring (bicyclic) bond motifs is 3. The maximum absolute atomic E-state index is 11.7. The van der Waals surface area contributed by atoms with Gasteiger partial charge in [-0.3, -0.25) is 0 Å². The Morgan fingerprint density at radius 3 is 3.20 bits per heavy atom. The topological polar surface area (TPSA) is 48.7 Å². The molecule has 1 aromatic rings. The second kappa shape index (κ2) is 2.89. The van der Waals surface area contributed by atoms with Crippen LogP contribution in [-0.2, 0) is 4.74 Å². The first-order valence-corrected chi connectivity index (χ1v) is 4.85. The molecule has 0 amide bonds. The standard InChI is InChI=1S/C11H10O4/c1-6-4-9-10(11(12)14-6)7-5-13-3-2-8(7)15-9/h2-4,7-8H,5H2,1H3/t7-,8+/m0/s1. The Hall–Kier alpha value is -1.71. The zero-order chi connectivity index (χ0) is 10.4. The number of hydrogen-bond donors (Lipinski definition) is 0. The molecule has 3 heterocycles. The van der Waals surface area contributed by atoms with Crippen molar-refractivity contribution in [2.24, 2.45) is 0 Å². The van der Waals surface area contributed by atoms with Crippen molar-refractivity contribution >= 4 is 0 Å². The van der Waals surface area contributed by atoms with Gasteiger partial charge in [0, 0.05) is 6.07 Å². The van der Waals surface area contributed by atoms with Crippen LogP contribution < -0.4 is 10.4 Å². The zero-order valence-corrected chi connectivity index (χ0v) is 8.23. The highest BCUT2D eigenvalue weighted by molar-refractivity contribution is 5.41. The van der Waals surface area contributed by atoms with Gasteiger partial charge in [0.25, 0.3) is 0 Å². The number of ether oxygens (including phenoxy) is 2. The normalized spacial score (nSPS) is 26.5. The number of hydrogen-bond acceptors (Lipinski definition) is 4. The Morgan fingerprint density at radius 1 is 1.47 bits per heavy atom. The lowest BCUT2D eigenvalue weighted by atomic mass is 9.97. The molecule has 3 rings (SSSR count). The van der Waals surface area contributed by atoms with Crippen LogP contribution in [0.2, 0.25) is 0 Å². The summed E-state index contributed by atoms with van der Waals surface area (Å²) < 4.78 is 15.9. The summed E-state index contributed by atoms with van der Waals surface area (Å²) in [6.07, 6.45) is 3.35. The zero-order valence-electron chi connectivity index (χ0n) is 8.23. The van der Waals surface area contributed by atoms with Gasteiger partial charge in [-0.05, 0) is 13.0 Å². The molecule has 0 fully saturated rings. The van der Waals surface area contributed by atoms with Gasteiger partial charge in [-0.15, -0.1) is 0 Å². The summed E-state index contributed by atoms with van der Waals surface area (Å²) in [5.41, 5.74) is 0.298. The molecule has 0 saturated carbocycles. The van der Waals surface area contributed by atoms with Crippen LogP contribution in [0.3, 0.4) is 0 Å². The van der Waals surface area contributed by atoms with Crippen molar-refractivity contribution in [2.75, 3.05) is 6.61 Å². The molecule has 0 radical (unpaired) electrons. The third-order valence-electron chi connectivity index (χ3n) is 2.74. The van der Waals surface area contributed by atoms with E-state index >= 15 is 0 Å². The molecule has 2 atom stereocenters. The van der Waals surface area contributed by atoms with E-state index in [1.807, 2.05) is 6.08 Å². The van der Waals surface area contributed by atoms with Gasteiger partial charge < -0.3 is 13.9 Å². The quantitative estimate of drug-likeness (QED) is 0.642. The SMILES string of the molecule is Cc1cc2c(c(=O)o1)[C@H]1COC=C[C@H]1O2. The smallest absolute Gasteiger partial charge is 0.343 e. The fourth-order valence-electron chi connectivity index (χ4n) is 2.06. The highest BCUT2D eigenvalue weighted by Gasteiger charge is 2.38. The van der Waals surface area contributed by atoms with Crippen LogP contribution in [0.4, 0.5) is 0 Å². The van der Waals surface area contributed by atoms with Crippen LogP contribution in [0.1, 0.15) is 17.2 Å². The molecule has 1 aromatic heterocycles. The molecule has 15 heavy (non-hydrogen) atoms. The minimum Gasteiger partial charge on any atom is -0.501 e. The minimum absolute atomic E-state index is 0.0261. The molecule has 0 bridgehead atoms. The first kappa shape index (κ1) is 8.59. The Labute approximate surface area is 86.1 Å². The Bertz CT molecular complexity index is 486. The van der Waals surface area contributed by atoms with E-state index in [1.165, 1.54) is 0 Å². The fourth-order valence-corrected chi connectivity index (χ4v) is 2.06. The van der Waals surface area contributed by atoms with E-state index in [-0.39, 0.29) is 17.6 Å². The molecule has 2 aliphatic heterocycles. The molecule has 0 unspecified atom stereocenters. The third kappa shape index (κ3) is 1.17. The second-order valence-corrected chi connectivity index (χ2v) is 3.77. The Kier molecular flexibility index (Phi) is 1.65. The molecule has 4 nitrogen and oxygen atoms in total. The van der Waals surface area contributed by atoms with Gasteiger partial charge in [0.05, 0.1) is 24.4 Å². The first-order valence-electron chi connectivity index (χ1n) is 4.85. The maximum atomic E-state index is 11.7. The van der Waals surface area contributed by atoms with Gasteiger partial charge in [-0.1, -0.05) is 0 Å². The predicted molar refractivity (Wildman–Crippen MR) is 52.0 cm³/mol. The fraction of sp³-hybridized carbons (Fsp3) is 0.364. The van der Waals surface area contributed by atoms with Crippen molar-refractivity contribution in [3.63, 3.8) is 0 Å². The molecular formula is C11H10O4. The van der Waals surface area contributed by atoms with E-state index < -0.39 is 0 Å². The summed E-state index contributed by atoms with van der Waals surface area (Å²) in [5, 5.41) is 0. The molecule has 0 N–H and O–H groups in total. The average molecular weight is 206 g/mol. The van der Waals surface area contributed by atoms with Crippen LogP contribution in [-0.4, -0.2) is 12.7 Å². The van der Waals surface area contributed by atoms with Crippen molar-refractivity contribution in [1.82, 2.24) is 0 Å². The molecule has 2 aliphatic rings. The summed E-state index contributed by atoms with van der Waals surface area (Å²) in [6, 6.07) is 1.75. The van der Waals surface area contributed by atoms with Crippen LogP contribution in [0.25, 0.3) is 0 Å². The van der Waals surface area contributed by atoms with Crippen LogP contribution in [0.5, 0.6) is 5.75 Å². The van der Waals surface area contributed by atoms with Gasteiger partial charge in [-0.25, -0.2) is 4.79 Å². The summed E-state index contributed by atoms with van der Waals surface area (Å²) in [7, 11) is 0. The summed E-state index contributed by atoms with van der Waals surface area (Å²) >= 11 is 0. The summed E-state index contributed by atoms with van der Waals surface area (Å²) in [5.74, 6) is 1.18. The van der Waals surface area contributed by atoms with Crippen LogP contribution >= 0.6 is 0 Å². The van der Waals surface area contributed by atoms with Crippen LogP contribution in [0.15, 0.2) is 27.6 Å². The first-order chi connectivity index (χ1) is 7.25. The molecule has 0 aliphatic carbocycles. The van der Waals surface area contributed by atoms with E-state index in [9.17, 15) is 4.79 Å². The third-order valence-corrected chi connectivity index (χ3v) is 2.74. The van der Waals surface area contributed by atoms with E-state index in [0.717, 1.165) is 0 Å². The van der Waals surface area contributed by atoms with Gasteiger partial charge in [0.2, 0.25) is 0 Å². The average Bonchev–Trinajstić information content (AvgIpc) is 2.54. The van der Waals surface area contributed by atoms with Crippen molar-refractivity contribution in [3.8, 4) is 5.75 Å². The minimum atomic E-state index is -0.309. The summed E-state index contributed by atoms with van der Waals surface area (Å²) in [4.78, 5) is 11.7. The highest BCUT2D eigenvalue weighted by Crippen LogP contribution is 2.38. The van der Waals surface area contributed by atoms with Crippen molar-refractivity contribution in [2.45, 2.75) is 18.9 Å². The van der Waals surface area contributed by atoms with Crippen molar-refractivity contribution < 1.29 is 13.9 Å². The van der Waals surface area contributed by atoms with Gasteiger partial charge in [0.1, 0.15) is 17.6 Å². The molecule has 0 saturated heterocycles. The Morgan fingerprint density at radius 2 is 2.33 bits per heavy atom. The maximum Gasteiger partial charge on any atom is 0.343 e. The lowest BCUT2D eigenvalue weighted by Crippen LogP contribution is -2.25. The lowest BCUT2D eigenvalue weighted by Gasteiger charge is -2.18. The lowest BCUT2D eigenvalue weighted by molar-refractivity contribution is 0.146. The van der Waals surface area contributed by atoms with Crippen LogP contribution in [0, 0.1) is 6.92 Å². The van der Waals surface area contributed by atoms with E-state index in [0.29, 0.717) is 23.7 Å². The molecular weight excluding hydrogens is 196 g/mol. The van der Waals surface area contributed by atoms with E-state index in [2.05, 4.69) is 0 Å². The van der Waals surface area contributed by atoms with E-state index in [4.69, 9.17) is 13.9 Å². The second-order valence-electron chi connectivity index (χ2n) is 3.77. The van der Waals surface area contributed by atoms with Gasteiger partial charge in [0.15, 0.2) is 0 Å². The molecule has 0 aromatic carbocycles. The van der Waals surface area contributed by atoms with E-state index in [1.54, 1.807) is 19.3 Å². The number of rotatable bonds is 0.